The lowest BCUT2D eigenvalue weighted by Gasteiger charge is -2.40. The van der Waals surface area contributed by atoms with Crippen LogP contribution in [0, 0.1) is 0 Å². The van der Waals surface area contributed by atoms with E-state index in [0.29, 0.717) is 12.2 Å². The van der Waals surface area contributed by atoms with Crippen LogP contribution in [0.3, 0.4) is 0 Å². The normalized spacial score (nSPS) is 15.1. The summed E-state index contributed by atoms with van der Waals surface area (Å²) >= 11 is 1.31. The van der Waals surface area contributed by atoms with Gasteiger partial charge in [0.2, 0.25) is 0 Å². The number of carbonyl (C=O) groups is 1. The maximum absolute atomic E-state index is 12.0. The van der Waals surface area contributed by atoms with Crippen molar-refractivity contribution in [3.8, 4) is 0 Å². The molecule has 1 aromatic rings. The lowest BCUT2D eigenvalue weighted by molar-refractivity contribution is -0.138. The maximum Gasteiger partial charge on any atom is 0.319 e. The van der Waals surface area contributed by atoms with E-state index in [2.05, 4.69) is 40.8 Å². The molecule has 202 valence electrons. The Hall–Kier alpha value is -0.823. The van der Waals surface area contributed by atoms with Crippen molar-refractivity contribution in [3.05, 3.63) is 35.9 Å². The molecule has 4 nitrogen and oxygen atoms in total. The van der Waals surface area contributed by atoms with Gasteiger partial charge in [0.25, 0.3) is 0 Å². The number of unbranched alkanes of at least 4 members (excludes halogenated alkanes) is 8. The molecule has 0 saturated heterocycles. The number of aliphatic carboxylic acids is 1. The summed E-state index contributed by atoms with van der Waals surface area (Å²) < 4.78 is 6.71. The van der Waals surface area contributed by atoms with Crippen molar-refractivity contribution in [2.45, 2.75) is 140 Å². The highest BCUT2D eigenvalue weighted by Gasteiger charge is 2.40. The molecule has 3 unspecified atom stereocenters. The van der Waals surface area contributed by atoms with E-state index in [1.165, 1.54) is 63.1 Å². The van der Waals surface area contributed by atoms with Crippen LogP contribution in [0.1, 0.15) is 104 Å². The molecule has 2 N–H and O–H groups in total. The molecule has 0 aliphatic rings. The Labute approximate surface area is 220 Å². The Bertz CT molecular complexity index is 690. The van der Waals surface area contributed by atoms with Crippen LogP contribution in [0.25, 0.3) is 0 Å². The second kappa shape index (κ2) is 16.8. The SMILES string of the molecule is CCCCCCCCCCCC(CC(O)C(SCc1ccccc1)C(=O)O)O[Si](C)(C)C(C)(C)C. The van der Waals surface area contributed by atoms with Gasteiger partial charge in [-0.15, -0.1) is 11.8 Å². The minimum atomic E-state index is -2.03. The predicted octanol–water partition coefficient (Wildman–Crippen LogP) is 8.44. The van der Waals surface area contributed by atoms with Gasteiger partial charge in [-0.2, -0.15) is 0 Å². The number of thioether (sulfide) groups is 1. The van der Waals surface area contributed by atoms with Gasteiger partial charge in [-0.1, -0.05) is 116 Å². The van der Waals surface area contributed by atoms with Gasteiger partial charge in [-0.05, 0) is 36.5 Å². The third-order valence-electron chi connectivity index (χ3n) is 7.27. The van der Waals surface area contributed by atoms with Crippen molar-refractivity contribution in [1.82, 2.24) is 0 Å². The lowest BCUT2D eigenvalue weighted by Crippen LogP contribution is -2.45. The first-order chi connectivity index (χ1) is 16.5. The summed E-state index contributed by atoms with van der Waals surface area (Å²) in [5.41, 5.74) is 1.07. The fourth-order valence-corrected chi connectivity index (χ4v) is 6.44. The molecule has 1 rings (SSSR count). The minimum absolute atomic E-state index is 0.0724. The first-order valence-electron chi connectivity index (χ1n) is 13.7. The topological polar surface area (TPSA) is 66.8 Å². The van der Waals surface area contributed by atoms with E-state index in [-0.39, 0.29) is 11.1 Å². The quantitative estimate of drug-likeness (QED) is 0.140. The highest BCUT2D eigenvalue weighted by atomic mass is 32.2. The largest absolute Gasteiger partial charge is 0.480 e. The molecule has 0 bridgehead atoms. The number of rotatable bonds is 19. The third kappa shape index (κ3) is 13.3. The van der Waals surface area contributed by atoms with E-state index in [1.807, 2.05) is 30.3 Å². The van der Waals surface area contributed by atoms with Crippen LogP contribution in [0.2, 0.25) is 18.1 Å². The first kappa shape index (κ1) is 32.2. The van der Waals surface area contributed by atoms with Crippen LogP contribution in [-0.2, 0) is 15.0 Å². The predicted molar refractivity (Wildman–Crippen MR) is 154 cm³/mol. The number of hydrogen-bond donors (Lipinski definition) is 2. The van der Waals surface area contributed by atoms with Gasteiger partial charge in [0.1, 0.15) is 5.25 Å². The van der Waals surface area contributed by atoms with Gasteiger partial charge < -0.3 is 14.6 Å². The molecule has 0 saturated carbocycles. The van der Waals surface area contributed by atoms with Crippen LogP contribution in [0.4, 0.5) is 0 Å². The van der Waals surface area contributed by atoms with Crippen molar-refractivity contribution < 1.29 is 19.4 Å². The summed E-state index contributed by atoms with van der Waals surface area (Å²) in [6.45, 7) is 13.4. The zero-order valence-corrected chi connectivity index (χ0v) is 25.0. The molecule has 3 atom stereocenters. The molecule has 0 heterocycles. The highest BCUT2D eigenvalue weighted by Crippen LogP contribution is 2.38. The fraction of sp³-hybridized carbons (Fsp3) is 0.759. The first-order valence-corrected chi connectivity index (χ1v) is 17.7. The van der Waals surface area contributed by atoms with Gasteiger partial charge in [0.05, 0.1) is 6.10 Å². The van der Waals surface area contributed by atoms with E-state index in [9.17, 15) is 15.0 Å². The third-order valence-corrected chi connectivity index (χ3v) is 13.2. The molecule has 1 aromatic carbocycles. The molecule has 35 heavy (non-hydrogen) atoms. The summed E-state index contributed by atoms with van der Waals surface area (Å²) in [6.07, 6.45) is 11.6. The average molecular weight is 525 g/mol. The van der Waals surface area contributed by atoms with Crippen molar-refractivity contribution in [2.24, 2.45) is 0 Å². The number of aliphatic hydroxyl groups excluding tert-OH is 1. The summed E-state index contributed by atoms with van der Waals surface area (Å²) in [7, 11) is -2.03. The Morgan fingerprint density at radius 1 is 0.971 bits per heavy atom. The number of carboxylic acid groups (broad SMARTS) is 1. The van der Waals surface area contributed by atoms with Crippen LogP contribution in [0.15, 0.2) is 30.3 Å². The van der Waals surface area contributed by atoms with Crippen molar-refractivity contribution in [3.63, 3.8) is 0 Å². The minimum Gasteiger partial charge on any atom is -0.480 e. The highest BCUT2D eigenvalue weighted by molar-refractivity contribution is 7.99. The number of hydrogen-bond acceptors (Lipinski definition) is 4. The zero-order valence-electron chi connectivity index (χ0n) is 23.2. The summed E-state index contributed by atoms with van der Waals surface area (Å²) in [5, 5.41) is 20.1. The maximum atomic E-state index is 12.0. The Balaban J connectivity index is 2.67. The second-order valence-corrected chi connectivity index (χ2v) is 17.4. The molecular weight excluding hydrogens is 472 g/mol. The van der Waals surface area contributed by atoms with Gasteiger partial charge in [-0.3, -0.25) is 4.79 Å². The fourth-order valence-electron chi connectivity index (χ4n) is 4.00. The van der Waals surface area contributed by atoms with E-state index in [1.54, 1.807) is 0 Å². The molecule has 0 fully saturated rings. The monoisotopic (exact) mass is 524 g/mol. The molecule has 0 spiro atoms. The molecule has 0 aromatic heterocycles. The Kier molecular flexibility index (Phi) is 15.5. The van der Waals surface area contributed by atoms with Crippen LogP contribution < -0.4 is 0 Å². The molecule has 6 heteroatoms. The van der Waals surface area contributed by atoms with Crippen molar-refractivity contribution >= 4 is 26.0 Å². The van der Waals surface area contributed by atoms with Gasteiger partial charge in [0.15, 0.2) is 8.32 Å². The average Bonchev–Trinajstić information content (AvgIpc) is 2.77. The molecule has 0 aliphatic carbocycles. The molecular formula is C29H52O4SSi. The number of benzene rings is 1. The Morgan fingerprint density at radius 3 is 2.03 bits per heavy atom. The van der Waals surface area contributed by atoms with E-state index in [0.717, 1.165) is 18.4 Å². The van der Waals surface area contributed by atoms with Gasteiger partial charge in [-0.25, -0.2) is 0 Å². The van der Waals surface area contributed by atoms with Crippen LogP contribution in [-0.4, -0.2) is 42.0 Å². The van der Waals surface area contributed by atoms with E-state index in [4.69, 9.17) is 4.43 Å². The van der Waals surface area contributed by atoms with E-state index >= 15 is 0 Å². The molecule has 0 amide bonds. The van der Waals surface area contributed by atoms with Crippen molar-refractivity contribution in [1.29, 1.82) is 0 Å². The summed E-state index contributed by atoms with van der Waals surface area (Å²) in [5.74, 6) is -0.381. The lowest BCUT2D eigenvalue weighted by atomic mass is 10.0. The number of aliphatic hydroxyl groups is 1. The smallest absolute Gasteiger partial charge is 0.319 e. The zero-order chi connectivity index (χ0) is 26.3. The number of carboxylic acids is 1. The van der Waals surface area contributed by atoms with Crippen molar-refractivity contribution in [2.75, 3.05) is 0 Å². The summed E-state index contributed by atoms with van der Waals surface area (Å²) in [4.78, 5) is 12.0. The summed E-state index contributed by atoms with van der Waals surface area (Å²) in [6, 6.07) is 9.84. The van der Waals surface area contributed by atoms with Gasteiger partial charge in [0, 0.05) is 11.9 Å². The second-order valence-electron chi connectivity index (χ2n) is 11.5. The van der Waals surface area contributed by atoms with Crippen LogP contribution in [0.5, 0.6) is 0 Å². The van der Waals surface area contributed by atoms with Gasteiger partial charge >= 0.3 is 5.97 Å². The van der Waals surface area contributed by atoms with Crippen LogP contribution >= 0.6 is 11.8 Å². The molecule has 0 aliphatic heterocycles. The molecule has 0 radical (unpaired) electrons. The standard InChI is InChI=1S/C29H52O4SSi/c1-7-8-9-10-11-12-13-14-18-21-25(33-35(5,6)29(2,3)4)22-26(30)27(28(31)32)34-23-24-19-16-15-17-20-24/h15-17,19-20,25-27,30H,7-14,18,21-23H2,1-6H3,(H,31,32). The van der Waals surface area contributed by atoms with E-state index < -0.39 is 25.6 Å². The Morgan fingerprint density at radius 2 is 1.51 bits per heavy atom.